The molecule has 23 heavy (non-hydrogen) atoms. The highest BCUT2D eigenvalue weighted by atomic mass is 16.6. The van der Waals surface area contributed by atoms with E-state index in [4.69, 9.17) is 14.2 Å². The Morgan fingerprint density at radius 3 is 2.35 bits per heavy atom. The number of amides is 1. The molecule has 0 saturated heterocycles. The molecule has 0 radical (unpaired) electrons. The molecule has 1 amide bonds. The van der Waals surface area contributed by atoms with Crippen molar-refractivity contribution in [1.82, 2.24) is 5.32 Å². The van der Waals surface area contributed by atoms with Crippen LogP contribution in [0.3, 0.4) is 0 Å². The summed E-state index contributed by atoms with van der Waals surface area (Å²) in [5, 5.41) is 11.7. The molecule has 1 aromatic carbocycles. The Kier molecular flexibility index (Phi) is 6.24. The zero-order chi connectivity index (χ0) is 17.6. The maximum Gasteiger partial charge on any atom is 0.408 e. The first-order chi connectivity index (χ1) is 10.7. The fourth-order valence-corrected chi connectivity index (χ4v) is 1.89. The minimum atomic E-state index is -1.16. The number of carbonyl (C=O) groups excluding carboxylic acids is 1. The quantitative estimate of drug-likeness (QED) is 0.833. The number of alkyl carbamates (subject to hydrolysis) is 1. The first-order valence-electron chi connectivity index (χ1n) is 7.09. The Bertz CT molecular complexity index is 564. The van der Waals surface area contributed by atoms with E-state index in [0.29, 0.717) is 17.1 Å². The first-order valence-corrected chi connectivity index (χ1v) is 7.09. The molecular weight excluding hydrogens is 302 g/mol. The van der Waals surface area contributed by atoms with Gasteiger partial charge in [0.05, 0.1) is 14.2 Å². The lowest BCUT2D eigenvalue weighted by atomic mass is 10.0. The topological polar surface area (TPSA) is 94.1 Å². The van der Waals surface area contributed by atoms with Gasteiger partial charge in [0.15, 0.2) is 0 Å². The molecule has 0 aromatic heterocycles. The van der Waals surface area contributed by atoms with E-state index >= 15 is 0 Å². The van der Waals surface area contributed by atoms with Crippen LogP contribution in [0.2, 0.25) is 0 Å². The molecule has 7 heteroatoms. The standard InChI is InChI=1S/C16H23NO6/c1-16(2,3)23-15(20)17-12(14(18)19)8-10-6-7-11(21-4)9-13(10)22-5/h6-7,9,12H,8H2,1-5H3,(H,17,20)(H,18,19)/t12-/m0/s1. The van der Waals surface area contributed by atoms with Crippen LogP contribution >= 0.6 is 0 Å². The van der Waals surface area contributed by atoms with Gasteiger partial charge >= 0.3 is 12.1 Å². The predicted octanol–water partition coefficient (Wildman–Crippen LogP) is 2.22. The molecule has 1 atom stereocenters. The second-order valence-corrected chi connectivity index (χ2v) is 5.92. The third-order valence-corrected chi connectivity index (χ3v) is 2.91. The van der Waals surface area contributed by atoms with Gasteiger partial charge < -0.3 is 24.6 Å². The number of hydrogen-bond donors (Lipinski definition) is 2. The first kappa shape index (κ1) is 18.6. The molecule has 0 aliphatic rings. The maximum atomic E-state index is 11.8. The van der Waals surface area contributed by atoms with Crippen LogP contribution in [0, 0.1) is 0 Å². The third-order valence-electron chi connectivity index (χ3n) is 2.91. The third kappa shape index (κ3) is 6.06. The molecule has 128 valence electrons. The zero-order valence-corrected chi connectivity index (χ0v) is 14.0. The van der Waals surface area contributed by atoms with E-state index < -0.39 is 23.7 Å². The smallest absolute Gasteiger partial charge is 0.408 e. The van der Waals surface area contributed by atoms with Gasteiger partial charge in [-0.2, -0.15) is 0 Å². The number of carboxylic acids is 1. The lowest BCUT2D eigenvalue weighted by Gasteiger charge is -2.22. The Labute approximate surface area is 135 Å². The number of ether oxygens (including phenoxy) is 3. The molecular formula is C16H23NO6. The van der Waals surface area contributed by atoms with Crippen molar-refractivity contribution in [2.75, 3.05) is 14.2 Å². The van der Waals surface area contributed by atoms with Crippen LogP contribution in [0.5, 0.6) is 11.5 Å². The lowest BCUT2D eigenvalue weighted by molar-refractivity contribution is -0.139. The number of carbonyl (C=O) groups is 2. The van der Waals surface area contributed by atoms with Crippen LogP contribution in [-0.4, -0.2) is 43.0 Å². The minimum absolute atomic E-state index is 0.0573. The van der Waals surface area contributed by atoms with Crippen molar-refractivity contribution in [2.45, 2.75) is 38.8 Å². The number of carboxylic acid groups (broad SMARTS) is 1. The number of benzene rings is 1. The Hall–Kier alpha value is -2.44. The molecule has 1 rings (SSSR count). The number of methoxy groups -OCH3 is 2. The number of nitrogens with one attached hydrogen (secondary N) is 1. The number of hydrogen-bond acceptors (Lipinski definition) is 5. The van der Waals surface area contributed by atoms with Crippen molar-refractivity contribution in [3.8, 4) is 11.5 Å². The molecule has 0 aliphatic carbocycles. The summed E-state index contributed by atoms with van der Waals surface area (Å²) in [5.41, 5.74) is -0.0675. The van der Waals surface area contributed by atoms with E-state index in [1.165, 1.54) is 14.2 Å². The van der Waals surface area contributed by atoms with Gasteiger partial charge in [-0.3, -0.25) is 0 Å². The summed E-state index contributed by atoms with van der Waals surface area (Å²) in [6.07, 6.45) is -0.723. The van der Waals surface area contributed by atoms with Crippen molar-refractivity contribution in [3.05, 3.63) is 23.8 Å². The van der Waals surface area contributed by atoms with Crippen molar-refractivity contribution in [1.29, 1.82) is 0 Å². The van der Waals surface area contributed by atoms with Crippen molar-refractivity contribution in [2.24, 2.45) is 0 Å². The van der Waals surface area contributed by atoms with E-state index in [-0.39, 0.29) is 6.42 Å². The highest BCUT2D eigenvalue weighted by Crippen LogP contribution is 2.25. The van der Waals surface area contributed by atoms with Crippen molar-refractivity contribution >= 4 is 12.1 Å². The molecule has 0 saturated carbocycles. The fourth-order valence-electron chi connectivity index (χ4n) is 1.89. The second kappa shape index (κ2) is 7.71. The minimum Gasteiger partial charge on any atom is -0.497 e. The Morgan fingerprint density at radius 1 is 1.22 bits per heavy atom. The summed E-state index contributed by atoms with van der Waals surface area (Å²) >= 11 is 0. The van der Waals surface area contributed by atoms with Crippen molar-refractivity contribution < 1.29 is 28.9 Å². The van der Waals surface area contributed by atoms with Gasteiger partial charge in [0.1, 0.15) is 23.1 Å². The average molecular weight is 325 g/mol. The number of rotatable bonds is 6. The molecule has 1 aromatic rings. The van der Waals surface area contributed by atoms with Crippen molar-refractivity contribution in [3.63, 3.8) is 0 Å². The van der Waals surface area contributed by atoms with Gasteiger partial charge in [0, 0.05) is 12.5 Å². The van der Waals surface area contributed by atoms with Crippen LogP contribution in [-0.2, 0) is 16.0 Å². The zero-order valence-electron chi connectivity index (χ0n) is 14.0. The van der Waals surface area contributed by atoms with Gasteiger partial charge in [-0.05, 0) is 32.4 Å². The van der Waals surface area contributed by atoms with E-state index in [0.717, 1.165) is 0 Å². The van der Waals surface area contributed by atoms with Crippen LogP contribution in [0.1, 0.15) is 26.3 Å². The monoisotopic (exact) mass is 325 g/mol. The second-order valence-electron chi connectivity index (χ2n) is 5.92. The molecule has 0 fully saturated rings. The van der Waals surface area contributed by atoms with E-state index in [1.54, 1.807) is 39.0 Å². The van der Waals surface area contributed by atoms with Gasteiger partial charge in [0.25, 0.3) is 0 Å². The van der Waals surface area contributed by atoms with Gasteiger partial charge in [0.2, 0.25) is 0 Å². The molecule has 0 spiro atoms. The predicted molar refractivity (Wildman–Crippen MR) is 84.0 cm³/mol. The van der Waals surface area contributed by atoms with E-state index in [9.17, 15) is 14.7 Å². The average Bonchev–Trinajstić information content (AvgIpc) is 2.44. The molecule has 0 bridgehead atoms. The molecule has 0 aliphatic heterocycles. The molecule has 0 unspecified atom stereocenters. The molecule has 0 heterocycles. The summed E-state index contributed by atoms with van der Waals surface area (Å²) in [7, 11) is 3.01. The Morgan fingerprint density at radius 2 is 1.87 bits per heavy atom. The lowest BCUT2D eigenvalue weighted by Crippen LogP contribution is -2.44. The van der Waals surface area contributed by atoms with Gasteiger partial charge in [-0.25, -0.2) is 9.59 Å². The SMILES string of the molecule is COc1ccc(C[C@H](NC(=O)OC(C)(C)C)C(=O)O)c(OC)c1. The molecule has 2 N–H and O–H groups in total. The van der Waals surface area contributed by atoms with E-state index in [1.807, 2.05) is 0 Å². The highest BCUT2D eigenvalue weighted by Gasteiger charge is 2.25. The summed E-state index contributed by atoms with van der Waals surface area (Å²) < 4.78 is 15.4. The van der Waals surface area contributed by atoms with Crippen LogP contribution in [0.25, 0.3) is 0 Å². The largest absolute Gasteiger partial charge is 0.497 e. The molecule has 7 nitrogen and oxygen atoms in total. The van der Waals surface area contributed by atoms with Gasteiger partial charge in [-0.15, -0.1) is 0 Å². The van der Waals surface area contributed by atoms with Crippen LogP contribution in [0.4, 0.5) is 4.79 Å². The maximum absolute atomic E-state index is 11.8. The fraction of sp³-hybridized carbons (Fsp3) is 0.500. The number of aliphatic carboxylic acids is 1. The highest BCUT2D eigenvalue weighted by molar-refractivity contribution is 5.80. The normalized spacial score (nSPS) is 12.2. The summed E-state index contributed by atoms with van der Waals surface area (Å²) in [6.45, 7) is 5.11. The summed E-state index contributed by atoms with van der Waals surface area (Å²) in [6, 6.07) is 3.92. The summed E-state index contributed by atoms with van der Waals surface area (Å²) in [4.78, 5) is 23.2. The van der Waals surface area contributed by atoms with Crippen LogP contribution in [0.15, 0.2) is 18.2 Å². The van der Waals surface area contributed by atoms with Gasteiger partial charge in [-0.1, -0.05) is 6.07 Å². The van der Waals surface area contributed by atoms with Crippen LogP contribution < -0.4 is 14.8 Å². The van der Waals surface area contributed by atoms with E-state index in [2.05, 4.69) is 5.32 Å². The summed E-state index contributed by atoms with van der Waals surface area (Å²) in [5.74, 6) is -0.0760. The Balaban J connectivity index is 2.88.